The van der Waals surface area contributed by atoms with Crippen LogP contribution in [0.2, 0.25) is 10.0 Å². The van der Waals surface area contributed by atoms with Crippen molar-refractivity contribution in [2.24, 2.45) is 0 Å². The number of benzene rings is 2. The van der Waals surface area contributed by atoms with E-state index in [4.69, 9.17) is 32.9 Å². The van der Waals surface area contributed by atoms with E-state index >= 15 is 0 Å². The van der Waals surface area contributed by atoms with Gasteiger partial charge in [-0.05, 0) is 48.0 Å². The van der Waals surface area contributed by atoms with Crippen molar-refractivity contribution in [3.63, 3.8) is 0 Å². The van der Waals surface area contributed by atoms with Crippen molar-refractivity contribution in [2.45, 2.75) is 10.9 Å². The quantitative estimate of drug-likeness (QED) is 0.366. The number of nitrogens with zero attached hydrogens (tertiary/aromatic N) is 4. The Hall–Kier alpha value is -2.72. The summed E-state index contributed by atoms with van der Waals surface area (Å²) >= 11 is 13.8. The lowest BCUT2D eigenvalue weighted by molar-refractivity contribution is 0.575. The average Bonchev–Trinajstić information content (AvgIpc) is 3.38. The molecular weight excluding hydrogens is 415 g/mol. The normalized spacial score (nSPS) is 10.8. The van der Waals surface area contributed by atoms with E-state index in [2.05, 4.69) is 16.3 Å². The highest BCUT2D eigenvalue weighted by Gasteiger charge is 2.18. The molecule has 2 aromatic heterocycles. The second-order valence-electron chi connectivity index (χ2n) is 5.81. The Labute approximate surface area is 175 Å². The Morgan fingerprint density at radius 2 is 1.86 bits per heavy atom. The fourth-order valence-electron chi connectivity index (χ4n) is 2.61. The predicted molar refractivity (Wildman–Crippen MR) is 110 cm³/mol. The summed E-state index contributed by atoms with van der Waals surface area (Å²) in [4.78, 5) is 0. The molecule has 5 nitrogen and oxygen atoms in total. The minimum absolute atomic E-state index is 0.446. The molecular formula is C20H12Cl2N4OS. The highest BCUT2D eigenvalue weighted by Crippen LogP contribution is 2.32. The summed E-state index contributed by atoms with van der Waals surface area (Å²) in [6.07, 6.45) is 1.59. The van der Waals surface area contributed by atoms with E-state index in [0.717, 1.165) is 11.3 Å². The molecule has 0 bridgehead atoms. The van der Waals surface area contributed by atoms with Crippen LogP contribution in [0.3, 0.4) is 0 Å². The van der Waals surface area contributed by atoms with Crippen LogP contribution in [0.4, 0.5) is 0 Å². The third-order valence-electron chi connectivity index (χ3n) is 3.99. The number of rotatable bonds is 5. The van der Waals surface area contributed by atoms with E-state index in [1.165, 1.54) is 11.8 Å². The minimum atomic E-state index is 0.446. The van der Waals surface area contributed by atoms with Gasteiger partial charge in [-0.3, -0.25) is 4.57 Å². The van der Waals surface area contributed by atoms with Gasteiger partial charge in [0, 0.05) is 5.75 Å². The Balaban J connectivity index is 1.70. The molecule has 8 heteroatoms. The maximum absolute atomic E-state index is 8.93. The first kappa shape index (κ1) is 18.6. The van der Waals surface area contributed by atoms with E-state index in [1.54, 1.807) is 36.6 Å². The van der Waals surface area contributed by atoms with Crippen molar-refractivity contribution < 1.29 is 4.42 Å². The van der Waals surface area contributed by atoms with E-state index in [0.29, 0.717) is 38.1 Å². The topological polar surface area (TPSA) is 67.6 Å². The molecule has 0 amide bonds. The summed E-state index contributed by atoms with van der Waals surface area (Å²) in [5, 5.41) is 19.2. The van der Waals surface area contributed by atoms with Gasteiger partial charge in [0.25, 0.3) is 0 Å². The van der Waals surface area contributed by atoms with Gasteiger partial charge in [-0.15, -0.1) is 10.2 Å². The van der Waals surface area contributed by atoms with Crippen LogP contribution < -0.4 is 0 Å². The zero-order valence-electron chi connectivity index (χ0n) is 14.3. The van der Waals surface area contributed by atoms with Crippen LogP contribution in [0.15, 0.2) is 70.4 Å². The van der Waals surface area contributed by atoms with Crippen molar-refractivity contribution in [3.8, 4) is 23.3 Å². The smallest absolute Gasteiger partial charge is 0.205 e. The number of hydrogen-bond acceptors (Lipinski definition) is 5. The van der Waals surface area contributed by atoms with Gasteiger partial charge >= 0.3 is 0 Å². The molecule has 4 rings (SSSR count). The van der Waals surface area contributed by atoms with Crippen LogP contribution in [0.25, 0.3) is 17.3 Å². The molecule has 0 N–H and O–H groups in total. The zero-order valence-corrected chi connectivity index (χ0v) is 16.7. The zero-order chi connectivity index (χ0) is 19.5. The monoisotopic (exact) mass is 426 g/mol. The van der Waals surface area contributed by atoms with Gasteiger partial charge in [-0.2, -0.15) is 5.26 Å². The maximum Gasteiger partial charge on any atom is 0.205 e. The predicted octanol–water partition coefficient (Wildman–Crippen LogP) is 6.00. The third-order valence-corrected chi connectivity index (χ3v) is 5.73. The second kappa shape index (κ2) is 8.11. The number of nitriles is 1. The van der Waals surface area contributed by atoms with Crippen molar-refractivity contribution in [2.75, 3.05) is 0 Å². The summed E-state index contributed by atoms with van der Waals surface area (Å²) in [6.45, 7) is 0. The van der Waals surface area contributed by atoms with Crippen LogP contribution in [-0.2, 0) is 5.75 Å². The fraction of sp³-hybridized carbons (Fsp3) is 0.0500. The van der Waals surface area contributed by atoms with E-state index in [1.807, 2.05) is 28.8 Å². The summed E-state index contributed by atoms with van der Waals surface area (Å²) in [5.74, 6) is 1.85. The Morgan fingerprint density at radius 1 is 1.04 bits per heavy atom. The summed E-state index contributed by atoms with van der Waals surface area (Å²) in [5.41, 5.74) is 2.49. The first-order valence-corrected chi connectivity index (χ1v) is 9.96. The molecule has 0 unspecified atom stereocenters. The van der Waals surface area contributed by atoms with Gasteiger partial charge in [-0.1, -0.05) is 47.1 Å². The molecule has 0 fully saturated rings. The lowest BCUT2D eigenvalue weighted by atomic mass is 10.2. The molecule has 0 aliphatic rings. The number of hydrogen-bond donors (Lipinski definition) is 0. The van der Waals surface area contributed by atoms with Gasteiger partial charge in [-0.25, -0.2) is 0 Å². The van der Waals surface area contributed by atoms with Crippen LogP contribution in [0.1, 0.15) is 11.1 Å². The van der Waals surface area contributed by atoms with Crippen molar-refractivity contribution >= 4 is 35.0 Å². The van der Waals surface area contributed by atoms with Gasteiger partial charge in [0.2, 0.25) is 5.82 Å². The molecule has 0 aliphatic heterocycles. The van der Waals surface area contributed by atoms with Crippen molar-refractivity contribution in [1.82, 2.24) is 14.8 Å². The number of furan rings is 1. The molecule has 138 valence electrons. The first-order valence-electron chi connectivity index (χ1n) is 8.22. The van der Waals surface area contributed by atoms with Gasteiger partial charge < -0.3 is 4.42 Å². The van der Waals surface area contributed by atoms with Gasteiger partial charge in [0.15, 0.2) is 10.9 Å². The molecule has 0 atom stereocenters. The van der Waals surface area contributed by atoms with E-state index in [-0.39, 0.29) is 0 Å². The molecule has 2 heterocycles. The number of aromatic nitrogens is 3. The highest BCUT2D eigenvalue weighted by molar-refractivity contribution is 7.98. The first-order chi connectivity index (χ1) is 13.7. The fourth-order valence-corrected chi connectivity index (χ4v) is 3.81. The SMILES string of the molecule is N#Cc1ccc(CSc2nnc(-c3ccco3)n2-c2ccc(Cl)c(Cl)c2)cc1. The minimum Gasteiger partial charge on any atom is -0.461 e. The molecule has 4 aromatic rings. The molecule has 0 spiro atoms. The lowest BCUT2D eigenvalue weighted by Gasteiger charge is -2.10. The molecule has 0 saturated carbocycles. The molecule has 0 radical (unpaired) electrons. The Kier molecular flexibility index (Phi) is 5.40. The van der Waals surface area contributed by atoms with Crippen LogP contribution >= 0.6 is 35.0 Å². The molecule has 2 aromatic carbocycles. The van der Waals surface area contributed by atoms with Gasteiger partial charge in [0.1, 0.15) is 0 Å². The average molecular weight is 427 g/mol. The Morgan fingerprint density at radius 3 is 2.54 bits per heavy atom. The van der Waals surface area contributed by atoms with E-state index < -0.39 is 0 Å². The molecule has 0 saturated heterocycles. The lowest BCUT2D eigenvalue weighted by Crippen LogP contribution is -1.99. The standard InChI is InChI=1S/C20H12Cl2N4OS/c21-16-8-7-15(10-17(16)22)26-19(18-2-1-9-27-18)24-25-20(26)28-12-14-5-3-13(11-23)4-6-14/h1-10H,12H2. The molecule has 0 aliphatic carbocycles. The Bertz CT molecular complexity index is 1150. The summed E-state index contributed by atoms with van der Waals surface area (Å²) < 4.78 is 7.40. The van der Waals surface area contributed by atoms with Crippen LogP contribution in [0, 0.1) is 11.3 Å². The third kappa shape index (κ3) is 3.78. The van der Waals surface area contributed by atoms with Crippen molar-refractivity contribution in [1.29, 1.82) is 5.26 Å². The second-order valence-corrected chi connectivity index (χ2v) is 7.57. The number of halogens is 2. The van der Waals surface area contributed by atoms with Crippen LogP contribution in [0.5, 0.6) is 0 Å². The summed E-state index contributed by atoms with van der Waals surface area (Å²) in [6, 6.07) is 18.6. The largest absolute Gasteiger partial charge is 0.461 e. The van der Waals surface area contributed by atoms with Crippen LogP contribution in [-0.4, -0.2) is 14.8 Å². The molecule has 28 heavy (non-hydrogen) atoms. The van der Waals surface area contributed by atoms with Crippen molar-refractivity contribution in [3.05, 3.63) is 82.0 Å². The van der Waals surface area contributed by atoms with E-state index in [9.17, 15) is 0 Å². The number of thioether (sulfide) groups is 1. The highest BCUT2D eigenvalue weighted by atomic mass is 35.5. The maximum atomic E-state index is 8.93. The van der Waals surface area contributed by atoms with Gasteiger partial charge in [0.05, 0.1) is 33.6 Å². The summed E-state index contributed by atoms with van der Waals surface area (Å²) in [7, 11) is 0.